The summed E-state index contributed by atoms with van der Waals surface area (Å²) in [5, 5.41) is 22.0. The predicted octanol–water partition coefficient (Wildman–Crippen LogP) is 1.40. The number of aryl methyl sites for hydroxylation is 1. The molecule has 0 bridgehead atoms. The zero-order valence-electron chi connectivity index (χ0n) is 15.3. The van der Waals surface area contributed by atoms with E-state index in [1.54, 1.807) is 6.92 Å². The van der Waals surface area contributed by atoms with Gasteiger partial charge in [-0.1, -0.05) is 30.3 Å². The van der Waals surface area contributed by atoms with Crippen LogP contribution in [0.2, 0.25) is 0 Å². The van der Waals surface area contributed by atoms with Crippen molar-refractivity contribution in [3.8, 4) is 11.8 Å². The lowest BCUT2D eigenvalue weighted by Crippen LogP contribution is -2.48. The summed E-state index contributed by atoms with van der Waals surface area (Å²) < 4.78 is 5.68. The fraction of sp³-hybridized carbons (Fsp3) is 0.368. The summed E-state index contributed by atoms with van der Waals surface area (Å²) in [5.41, 5.74) is 1.06. The Balaban J connectivity index is 1.99. The molecule has 1 aromatic carbocycles. The maximum absolute atomic E-state index is 12.2. The molecule has 0 aliphatic rings. The molecule has 2 atom stereocenters. The molecule has 0 aliphatic heterocycles. The summed E-state index contributed by atoms with van der Waals surface area (Å²) in [6.45, 7) is 3.46. The van der Waals surface area contributed by atoms with E-state index in [0.717, 1.165) is 5.56 Å². The van der Waals surface area contributed by atoms with E-state index in [2.05, 4.69) is 5.32 Å². The Labute approximate surface area is 157 Å². The molecule has 0 spiro atoms. The highest BCUT2D eigenvalue weighted by Gasteiger charge is 2.26. The Hall–Kier alpha value is -3.00. The first-order valence-electron chi connectivity index (χ1n) is 8.70. The summed E-state index contributed by atoms with van der Waals surface area (Å²) >= 11 is 0. The van der Waals surface area contributed by atoms with Crippen LogP contribution in [0.4, 0.5) is 0 Å². The molecule has 8 heteroatoms. The van der Waals surface area contributed by atoms with E-state index < -0.39 is 35.8 Å². The second-order valence-electron chi connectivity index (χ2n) is 5.97. The summed E-state index contributed by atoms with van der Waals surface area (Å²) in [4.78, 5) is 29.4. The van der Waals surface area contributed by atoms with E-state index in [4.69, 9.17) is 9.57 Å². The van der Waals surface area contributed by atoms with E-state index >= 15 is 0 Å². The monoisotopic (exact) mass is 376 g/mol. The van der Waals surface area contributed by atoms with Gasteiger partial charge >= 0.3 is 11.9 Å². The van der Waals surface area contributed by atoms with Gasteiger partial charge in [0.1, 0.15) is 12.1 Å². The lowest BCUT2D eigenvalue weighted by molar-refractivity contribution is -0.150. The molecule has 0 aliphatic carbocycles. The van der Waals surface area contributed by atoms with Crippen LogP contribution in [0.25, 0.3) is 0 Å². The van der Waals surface area contributed by atoms with Gasteiger partial charge in [-0.15, -0.1) is 4.73 Å². The number of hydrogen-bond donors (Lipinski definition) is 3. The smallest absolute Gasteiger partial charge is 0.349 e. The molecule has 1 aromatic heterocycles. The molecule has 3 N–H and O–H groups in total. The molecule has 146 valence electrons. The van der Waals surface area contributed by atoms with Gasteiger partial charge in [0, 0.05) is 12.1 Å². The van der Waals surface area contributed by atoms with Crippen LogP contribution in [0.15, 0.2) is 42.5 Å². The third kappa shape index (κ3) is 5.75. The summed E-state index contributed by atoms with van der Waals surface area (Å²) in [7, 11) is 0. The number of hydrogen-bond acceptors (Lipinski definition) is 7. The first-order valence-corrected chi connectivity index (χ1v) is 8.70. The Morgan fingerprint density at radius 2 is 1.70 bits per heavy atom. The molecule has 0 radical (unpaired) electrons. The third-order valence-corrected chi connectivity index (χ3v) is 3.92. The van der Waals surface area contributed by atoms with Crippen molar-refractivity contribution in [2.24, 2.45) is 0 Å². The highest BCUT2D eigenvalue weighted by Crippen LogP contribution is 2.18. The average molecular weight is 376 g/mol. The van der Waals surface area contributed by atoms with Gasteiger partial charge < -0.3 is 19.8 Å². The molecule has 27 heavy (non-hydrogen) atoms. The van der Waals surface area contributed by atoms with Crippen LogP contribution < -0.4 is 10.2 Å². The van der Waals surface area contributed by atoms with Crippen molar-refractivity contribution in [2.45, 2.75) is 38.8 Å². The molecule has 0 saturated heterocycles. The minimum Gasteiger partial charge on any atom is -0.492 e. The molecule has 8 nitrogen and oxygen atoms in total. The summed E-state index contributed by atoms with van der Waals surface area (Å²) in [6, 6.07) is 10.4. The molecule has 0 amide bonds. The highest BCUT2D eigenvalue weighted by molar-refractivity contribution is 5.79. The SMILES string of the molecule is CCOC(=O)[C@H](CCc1ccccc1)NC(C)C(=O)On1c(O)ccc1O. The Kier molecular flexibility index (Phi) is 7.25. The van der Waals surface area contributed by atoms with Crippen molar-refractivity contribution in [3.63, 3.8) is 0 Å². The fourth-order valence-corrected chi connectivity index (χ4v) is 2.50. The van der Waals surface area contributed by atoms with Gasteiger partial charge in [-0.3, -0.25) is 10.1 Å². The zero-order valence-corrected chi connectivity index (χ0v) is 15.3. The zero-order chi connectivity index (χ0) is 19.8. The Morgan fingerprint density at radius 1 is 1.07 bits per heavy atom. The number of aromatic nitrogens is 1. The number of carbonyl (C=O) groups excluding carboxylic acids is 2. The van der Waals surface area contributed by atoms with Gasteiger partial charge in [-0.2, -0.15) is 0 Å². The molecule has 2 aromatic rings. The second kappa shape index (κ2) is 9.63. The number of nitrogens with one attached hydrogen (secondary N) is 1. The normalized spacial score (nSPS) is 13.0. The number of ether oxygens (including phenoxy) is 1. The van der Waals surface area contributed by atoms with Gasteiger partial charge in [-0.25, -0.2) is 4.79 Å². The van der Waals surface area contributed by atoms with E-state index in [-0.39, 0.29) is 6.61 Å². The van der Waals surface area contributed by atoms with Crippen LogP contribution in [0.1, 0.15) is 25.8 Å². The fourth-order valence-electron chi connectivity index (χ4n) is 2.50. The van der Waals surface area contributed by atoms with Crippen LogP contribution in [0.5, 0.6) is 11.8 Å². The number of carbonyl (C=O) groups is 2. The number of rotatable bonds is 9. The first-order chi connectivity index (χ1) is 12.9. The highest BCUT2D eigenvalue weighted by atomic mass is 16.7. The number of benzene rings is 1. The second-order valence-corrected chi connectivity index (χ2v) is 5.97. The molecule has 0 fully saturated rings. The van der Waals surface area contributed by atoms with Crippen molar-refractivity contribution in [1.29, 1.82) is 0 Å². The molecule has 1 heterocycles. The van der Waals surface area contributed by atoms with Crippen LogP contribution >= 0.6 is 0 Å². The maximum Gasteiger partial charge on any atom is 0.349 e. The molecule has 1 unspecified atom stereocenters. The molecular weight excluding hydrogens is 352 g/mol. The van der Waals surface area contributed by atoms with Crippen LogP contribution in [0.3, 0.4) is 0 Å². The van der Waals surface area contributed by atoms with Gasteiger partial charge in [0.2, 0.25) is 11.8 Å². The van der Waals surface area contributed by atoms with E-state index in [1.165, 1.54) is 19.1 Å². The molecular formula is C19H24N2O6. The van der Waals surface area contributed by atoms with Crippen molar-refractivity contribution >= 4 is 11.9 Å². The van der Waals surface area contributed by atoms with Gasteiger partial charge in [-0.05, 0) is 32.3 Å². The van der Waals surface area contributed by atoms with Crippen LogP contribution in [-0.4, -0.2) is 45.6 Å². The van der Waals surface area contributed by atoms with Gasteiger partial charge in [0.05, 0.1) is 6.61 Å². The Morgan fingerprint density at radius 3 is 2.30 bits per heavy atom. The standard InChI is InChI=1S/C19H24N2O6/c1-3-26-19(25)15(10-9-14-7-5-4-6-8-14)20-13(2)18(24)27-21-16(22)11-12-17(21)23/h4-8,11-13,15,20,22-23H,3,9-10H2,1-2H3/t13?,15-/m0/s1. The maximum atomic E-state index is 12.2. The third-order valence-electron chi connectivity index (χ3n) is 3.92. The number of esters is 1. The minimum atomic E-state index is -0.878. The topological polar surface area (TPSA) is 110 Å². The van der Waals surface area contributed by atoms with E-state index in [9.17, 15) is 19.8 Å². The number of aromatic hydroxyl groups is 2. The van der Waals surface area contributed by atoms with Crippen LogP contribution in [0, 0.1) is 0 Å². The van der Waals surface area contributed by atoms with Crippen molar-refractivity contribution in [1.82, 2.24) is 10.0 Å². The van der Waals surface area contributed by atoms with Crippen LogP contribution in [-0.2, 0) is 20.7 Å². The molecule has 0 saturated carbocycles. The predicted molar refractivity (Wildman–Crippen MR) is 97.1 cm³/mol. The summed E-state index contributed by atoms with van der Waals surface area (Å²) in [6.07, 6.45) is 1.05. The van der Waals surface area contributed by atoms with Crippen molar-refractivity contribution < 1.29 is 29.4 Å². The van der Waals surface area contributed by atoms with E-state index in [1.807, 2.05) is 30.3 Å². The van der Waals surface area contributed by atoms with E-state index in [0.29, 0.717) is 17.6 Å². The van der Waals surface area contributed by atoms with Gasteiger partial charge in [0.25, 0.3) is 0 Å². The molecule has 2 rings (SSSR count). The Bertz CT molecular complexity index is 739. The van der Waals surface area contributed by atoms with Crippen molar-refractivity contribution in [2.75, 3.05) is 6.61 Å². The lowest BCUT2D eigenvalue weighted by Gasteiger charge is -2.21. The largest absolute Gasteiger partial charge is 0.492 e. The average Bonchev–Trinajstić information content (AvgIpc) is 2.97. The van der Waals surface area contributed by atoms with Crippen molar-refractivity contribution in [3.05, 3.63) is 48.0 Å². The minimum absolute atomic E-state index is 0.228. The quantitative estimate of drug-likeness (QED) is 0.567. The van der Waals surface area contributed by atoms with Gasteiger partial charge in [0.15, 0.2) is 0 Å². The first kappa shape index (κ1) is 20.3. The number of nitrogens with zero attached hydrogens (tertiary/aromatic N) is 1. The summed E-state index contributed by atoms with van der Waals surface area (Å²) in [5.74, 6) is -2.07. The lowest BCUT2D eigenvalue weighted by atomic mass is 10.0.